The molecule has 11 heteroatoms. The third kappa shape index (κ3) is 4.48. The molecular formula is C26H23N4O6P. The van der Waals surface area contributed by atoms with Crippen molar-refractivity contribution < 1.29 is 23.7 Å². The van der Waals surface area contributed by atoms with Crippen LogP contribution in [0.1, 0.15) is 11.1 Å². The molecule has 1 amide bonds. The minimum atomic E-state index is -3.89. The highest BCUT2D eigenvalue weighted by Crippen LogP contribution is 2.52. The van der Waals surface area contributed by atoms with Crippen molar-refractivity contribution in [3.8, 4) is 11.5 Å². The standard InChI is InChI=1S/C26H23N4O6P/c1-35-37(34)21-13-17(36-15-22(27)31)11-12-19(21)28-25(29-37)23-24(32)18-9-5-6-10-20(18)30(26(23)33)14-16-7-3-2-4-8-16/h2-13,32H,14-15H2,1H3,(H2,27,31)(H,28,29,34). The smallest absolute Gasteiger partial charge is 0.348 e. The number of carbonyl (C=O) groups excluding carboxylic acids is 1. The molecule has 0 radical (unpaired) electrons. The predicted molar refractivity (Wildman–Crippen MR) is 141 cm³/mol. The summed E-state index contributed by atoms with van der Waals surface area (Å²) in [6, 6.07) is 21.0. The zero-order valence-electron chi connectivity index (χ0n) is 19.7. The highest BCUT2D eigenvalue weighted by molar-refractivity contribution is 7.66. The number of hydrogen-bond acceptors (Lipinski definition) is 7. The molecule has 5 rings (SSSR count). The van der Waals surface area contributed by atoms with Crippen molar-refractivity contribution in [2.45, 2.75) is 6.54 Å². The number of anilines is 1. The van der Waals surface area contributed by atoms with E-state index < -0.39 is 19.0 Å². The van der Waals surface area contributed by atoms with E-state index in [2.05, 4.69) is 10.1 Å². The highest BCUT2D eigenvalue weighted by atomic mass is 31.2. The van der Waals surface area contributed by atoms with Gasteiger partial charge in [0.2, 0.25) is 0 Å². The number of nitrogens with one attached hydrogen (secondary N) is 1. The molecule has 1 atom stereocenters. The van der Waals surface area contributed by atoms with Crippen LogP contribution in [0.2, 0.25) is 0 Å². The molecule has 0 saturated carbocycles. The van der Waals surface area contributed by atoms with Crippen LogP contribution in [-0.4, -0.2) is 35.1 Å². The van der Waals surface area contributed by atoms with E-state index in [1.165, 1.54) is 17.7 Å². The van der Waals surface area contributed by atoms with E-state index in [4.69, 9.17) is 15.0 Å². The summed E-state index contributed by atoms with van der Waals surface area (Å²) in [7, 11) is -2.65. The van der Waals surface area contributed by atoms with E-state index in [-0.39, 0.29) is 41.4 Å². The number of amidine groups is 1. The minimum absolute atomic E-state index is 0.0847. The molecule has 0 fully saturated rings. The third-order valence-corrected chi connectivity index (χ3v) is 7.89. The number of carbonyl (C=O) groups is 1. The van der Waals surface area contributed by atoms with Gasteiger partial charge in [-0.2, -0.15) is 4.76 Å². The van der Waals surface area contributed by atoms with E-state index >= 15 is 0 Å². The molecule has 188 valence electrons. The highest BCUT2D eigenvalue weighted by Gasteiger charge is 2.35. The van der Waals surface area contributed by atoms with E-state index in [0.717, 1.165) is 5.56 Å². The molecular weight excluding hydrogens is 495 g/mol. The Balaban J connectivity index is 1.67. The lowest BCUT2D eigenvalue weighted by Gasteiger charge is -2.25. The summed E-state index contributed by atoms with van der Waals surface area (Å²) in [6.07, 6.45) is 0. The Kier molecular flexibility index (Phi) is 6.29. The van der Waals surface area contributed by atoms with Gasteiger partial charge in [-0.1, -0.05) is 42.5 Å². The van der Waals surface area contributed by atoms with Gasteiger partial charge in [0.1, 0.15) is 17.1 Å². The molecule has 1 unspecified atom stereocenters. The first-order valence-electron chi connectivity index (χ1n) is 11.3. The van der Waals surface area contributed by atoms with Gasteiger partial charge in [0.15, 0.2) is 12.4 Å². The number of nitrogens with two attached hydrogens (primary N) is 1. The Hall–Kier alpha value is -4.40. The molecule has 2 heterocycles. The molecule has 4 aromatic rings. The Morgan fingerprint density at radius 3 is 2.57 bits per heavy atom. The fourth-order valence-corrected chi connectivity index (χ4v) is 5.74. The number of rotatable bonds is 7. The SMILES string of the molecule is COP1(=O)N=C(c2c(O)c3ccccc3n(Cc3ccccc3)c2=O)Nc2ccc(OCC(N)=O)cc21. The summed E-state index contributed by atoms with van der Waals surface area (Å²) >= 11 is 0. The van der Waals surface area contributed by atoms with Crippen molar-refractivity contribution in [3.63, 3.8) is 0 Å². The first-order valence-corrected chi connectivity index (χ1v) is 12.9. The van der Waals surface area contributed by atoms with Crippen LogP contribution in [0.15, 0.2) is 82.4 Å². The molecule has 10 nitrogen and oxygen atoms in total. The van der Waals surface area contributed by atoms with Gasteiger partial charge in [0, 0.05) is 12.5 Å². The van der Waals surface area contributed by atoms with Crippen LogP contribution >= 0.6 is 7.52 Å². The van der Waals surface area contributed by atoms with Crippen molar-refractivity contribution >= 4 is 41.2 Å². The van der Waals surface area contributed by atoms with Crippen molar-refractivity contribution in [1.29, 1.82) is 0 Å². The van der Waals surface area contributed by atoms with Gasteiger partial charge in [0.05, 0.1) is 23.1 Å². The Bertz CT molecular complexity index is 1670. The molecule has 37 heavy (non-hydrogen) atoms. The number of aromatic nitrogens is 1. The molecule has 4 N–H and O–H groups in total. The second-order valence-electron chi connectivity index (χ2n) is 8.33. The lowest BCUT2D eigenvalue weighted by atomic mass is 10.1. The van der Waals surface area contributed by atoms with Crippen LogP contribution in [0.4, 0.5) is 5.69 Å². The number of amides is 1. The zero-order chi connectivity index (χ0) is 26.2. The monoisotopic (exact) mass is 518 g/mol. The number of primary amides is 1. The maximum atomic E-state index is 13.8. The average molecular weight is 518 g/mol. The minimum Gasteiger partial charge on any atom is -0.506 e. The summed E-state index contributed by atoms with van der Waals surface area (Å²) in [5, 5.41) is 14.8. The van der Waals surface area contributed by atoms with Gasteiger partial charge < -0.3 is 30.0 Å². The van der Waals surface area contributed by atoms with Gasteiger partial charge >= 0.3 is 7.52 Å². The van der Waals surface area contributed by atoms with E-state index in [9.17, 15) is 19.3 Å². The molecule has 0 spiro atoms. The summed E-state index contributed by atoms with van der Waals surface area (Å²) < 4.78 is 30.2. The lowest BCUT2D eigenvalue weighted by Crippen LogP contribution is -2.33. The fraction of sp³-hybridized carbons (Fsp3) is 0.115. The van der Waals surface area contributed by atoms with Crippen molar-refractivity contribution in [2.24, 2.45) is 10.5 Å². The topological polar surface area (TPSA) is 145 Å². The van der Waals surface area contributed by atoms with E-state index in [1.54, 1.807) is 36.4 Å². The van der Waals surface area contributed by atoms with Crippen LogP contribution in [0, 0.1) is 0 Å². The summed E-state index contributed by atoms with van der Waals surface area (Å²) in [4.78, 5) is 24.9. The van der Waals surface area contributed by atoms with Crippen molar-refractivity contribution in [3.05, 3.63) is 94.3 Å². The number of hydrogen-bond donors (Lipinski definition) is 3. The van der Waals surface area contributed by atoms with E-state index in [0.29, 0.717) is 16.6 Å². The van der Waals surface area contributed by atoms with Crippen molar-refractivity contribution in [2.75, 3.05) is 19.0 Å². The molecule has 0 aliphatic carbocycles. The summed E-state index contributed by atoms with van der Waals surface area (Å²) in [5.41, 5.74) is 6.27. The number of para-hydroxylation sites is 1. The number of ether oxygens (including phenoxy) is 1. The number of aromatic hydroxyl groups is 1. The molecule has 1 aromatic heterocycles. The molecule has 3 aromatic carbocycles. The van der Waals surface area contributed by atoms with Gasteiger partial charge in [-0.25, -0.2) is 0 Å². The number of fused-ring (bicyclic) bond motifs is 2. The maximum absolute atomic E-state index is 13.8. The largest absolute Gasteiger partial charge is 0.506 e. The van der Waals surface area contributed by atoms with Gasteiger partial charge in [-0.3, -0.25) is 14.2 Å². The average Bonchev–Trinajstić information content (AvgIpc) is 2.90. The second kappa shape index (κ2) is 9.57. The first kappa shape index (κ1) is 24.3. The normalized spacial score (nSPS) is 16.5. The van der Waals surface area contributed by atoms with Gasteiger partial charge in [-0.15, -0.1) is 0 Å². The molecule has 1 aliphatic heterocycles. The summed E-state index contributed by atoms with van der Waals surface area (Å²) in [6.45, 7) is -0.107. The molecule has 0 bridgehead atoms. The number of benzene rings is 3. The van der Waals surface area contributed by atoms with Crippen LogP contribution in [0.5, 0.6) is 11.5 Å². The molecule has 1 aliphatic rings. The fourth-order valence-electron chi connectivity index (χ4n) is 4.21. The predicted octanol–water partition coefficient (Wildman–Crippen LogP) is 2.96. The zero-order valence-corrected chi connectivity index (χ0v) is 20.6. The summed E-state index contributed by atoms with van der Waals surface area (Å²) in [5.74, 6) is -0.791. The van der Waals surface area contributed by atoms with E-state index in [1.807, 2.05) is 30.3 Å². The van der Waals surface area contributed by atoms with Crippen LogP contribution in [0.3, 0.4) is 0 Å². The molecule has 0 saturated heterocycles. The van der Waals surface area contributed by atoms with Gasteiger partial charge in [-0.05, 0) is 35.9 Å². The first-order chi connectivity index (χ1) is 17.8. The maximum Gasteiger partial charge on any atom is 0.348 e. The van der Waals surface area contributed by atoms with Crippen molar-refractivity contribution in [1.82, 2.24) is 4.57 Å². The Morgan fingerprint density at radius 2 is 1.84 bits per heavy atom. The number of nitrogens with zero attached hydrogens (tertiary/aromatic N) is 2. The quantitative estimate of drug-likeness (QED) is 0.319. The third-order valence-electron chi connectivity index (χ3n) is 5.95. The Morgan fingerprint density at radius 1 is 1.11 bits per heavy atom. The van der Waals surface area contributed by atoms with Gasteiger partial charge in [0.25, 0.3) is 11.5 Å². The van der Waals surface area contributed by atoms with Crippen LogP contribution < -0.4 is 26.7 Å². The Labute approximate surface area is 211 Å². The number of pyridine rings is 1. The lowest BCUT2D eigenvalue weighted by molar-refractivity contribution is -0.119. The van der Waals surface area contributed by atoms with Crippen LogP contribution in [0.25, 0.3) is 10.9 Å². The second-order valence-corrected chi connectivity index (χ2v) is 10.4. The van der Waals surface area contributed by atoms with Crippen LogP contribution in [-0.2, 0) is 20.4 Å².